The van der Waals surface area contributed by atoms with E-state index in [1.54, 1.807) is 0 Å². The van der Waals surface area contributed by atoms with E-state index in [-0.39, 0.29) is 0 Å². The molecule has 0 aliphatic heterocycles. The highest BCUT2D eigenvalue weighted by atomic mass is 35.5. The Balaban J connectivity index is 2.85. The Bertz CT molecular complexity index is 326. The molecule has 0 aliphatic carbocycles. The van der Waals surface area contributed by atoms with Gasteiger partial charge in [-0.25, -0.2) is 0 Å². The maximum atomic E-state index is 5.79. The summed E-state index contributed by atoms with van der Waals surface area (Å²) in [5.74, 6) is 0.664. The average molecular weight is 241 g/mol. The van der Waals surface area contributed by atoms with E-state index in [4.69, 9.17) is 17.3 Å². The highest BCUT2D eigenvalue weighted by molar-refractivity contribution is 6.18. The van der Waals surface area contributed by atoms with Crippen LogP contribution in [0.5, 0.6) is 0 Å². The monoisotopic (exact) mass is 240 g/mol. The highest BCUT2D eigenvalue weighted by Gasteiger charge is 2.05. The standard InChI is InChI=1S/C13H21ClN2/c1-3-16(9-7-14)13-5-4-12(6-8-15)11(2)10-13/h4-5,10H,3,6-9,15H2,1-2H3. The van der Waals surface area contributed by atoms with Gasteiger partial charge in [-0.2, -0.15) is 0 Å². The Hall–Kier alpha value is -0.730. The Kier molecular flexibility index (Phi) is 5.64. The van der Waals surface area contributed by atoms with Gasteiger partial charge in [0.05, 0.1) is 0 Å². The van der Waals surface area contributed by atoms with Crippen molar-refractivity contribution in [3.8, 4) is 0 Å². The molecule has 0 amide bonds. The van der Waals surface area contributed by atoms with Crippen molar-refractivity contribution in [2.45, 2.75) is 20.3 Å². The molecule has 0 atom stereocenters. The second-order valence-corrected chi connectivity index (χ2v) is 4.30. The Morgan fingerprint density at radius 1 is 1.38 bits per heavy atom. The van der Waals surface area contributed by atoms with Crippen molar-refractivity contribution in [2.75, 3.05) is 30.4 Å². The molecular weight excluding hydrogens is 220 g/mol. The zero-order valence-corrected chi connectivity index (χ0v) is 10.9. The number of aryl methyl sites for hydroxylation is 1. The fraction of sp³-hybridized carbons (Fsp3) is 0.538. The molecule has 0 heterocycles. The van der Waals surface area contributed by atoms with Crippen LogP contribution in [0, 0.1) is 6.92 Å². The Morgan fingerprint density at radius 3 is 2.62 bits per heavy atom. The number of alkyl halides is 1. The van der Waals surface area contributed by atoms with E-state index in [9.17, 15) is 0 Å². The summed E-state index contributed by atoms with van der Waals surface area (Å²) in [5.41, 5.74) is 9.48. The first-order valence-corrected chi connectivity index (χ1v) is 6.36. The average Bonchev–Trinajstić information content (AvgIpc) is 2.29. The number of rotatable bonds is 6. The Morgan fingerprint density at radius 2 is 2.12 bits per heavy atom. The lowest BCUT2D eigenvalue weighted by atomic mass is 10.0. The second-order valence-electron chi connectivity index (χ2n) is 3.92. The van der Waals surface area contributed by atoms with Gasteiger partial charge in [0, 0.05) is 24.7 Å². The number of benzene rings is 1. The largest absolute Gasteiger partial charge is 0.371 e. The summed E-state index contributed by atoms with van der Waals surface area (Å²) in [5, 5.41) is 0. The molecule has 0 bridgehead atoms. The van der Waals surface area contributed by atoms with Crippen LogP contribution in [0.2, 0.25) is 0 Å². The first kappa shape index (κ1) is 13.3. The molecule has 2 N–H and O–H groups in total. The molecule has 0 aliphatic rings. The van der Waals surface area contributed by atoms with Gasteiger partial charge in [-0.15, -0.1) is 11.6 Å². The van der Waals surface area contributed by atoms with Crippen molar-refractivity contribution in [1.29, 1.82) is 0 Å². The summed E-state index contributed by atoms with van der Waals surface area (Å²) in [7, 11) is 0. The lowest BCUT2D eigenvalue weighted by molar-refractivity contribution is 0.867. The molecule has 1 aromatic rings. The zero-order chi connectivity index (χ0) is 12.0. The van der Waals surface area contributed by atoms with Gasteiger partial charge in [0.25, 0.3) is 0 Å². The SMILES string of the molecule is CCN(CCCl)c1ccc(CCN)c(C)c1. The molecule has 0 unspecified atom stereocenters. The van der Waals surface area contributed by atoms with Gasteiger partial charge in [0.15, 0.2) is 0 Å². The van der Waals surface area contributed by atoms with Crippen molar-refractivity contribution in [1.82, 2.24) is 0 Å². The molecule has 2 nitrogen and oxygen atoms in total. The first-order chi connectivity index (χ1) is 7.72. The fourth-order valence-electron chi connectivity index (χ4n) is 1.88. The maximum absolute atomic E-state index is 5.79. The minimum atomic E-state index is 0.664. The van der Waals surface area contributed by atoms with Gasteiger partial charge in [0.1, 0.15) is 0 Å². The molecule has 16 heavy (non-hydrogen) atoms. The van der Waals surface area contributed by atoms with Gasteiger partial charge >= 0.3 is 0 Å². The maximum Gasteiger partial charge on any atom is 0.0399 e. The lowest BCUT2D eigenvalue weighted by Crippen LogP contribution is -2.25. The predicted octanol–water partition coefficient (Wildman–Crippen LogP) is 2.56. The third kappa shape index (κ3) is 3.39. The van der Waals surface area contributed by atoms with Crippen LogP contribution in [0.25, 0.3) is 0 Å². The van der Waals surface area contributed by atoms with Gasteiger partial charge in [-0.1, -0.05) is 6.07 Å². The quantitative estimate of drug-likeness (QED) is 0.775. The fourth-order valence-corrected chi connectivity index (χ4v) is 2.09. The van der Waals surface area contributed by atoms with E-state index in [0.717, 1.165) is 19.5 Å². The topological polar surface area (TPSA) is 29.3 Å². The third-order valence-corrected chi connectivity index (χ3v) is 3.01. The first-order valence-electron chi connectivity index (χ1n) is 5.83. The van der Waals surface area contributed by atoms with E-state index < -0.39 is 0 Å². The van der Waals surface area contributed by atoms with Crippen molar-refractivity contribution in [3.63, 3.8) is 0 Å². The minimum absolute atomic E-state index is 0.664. The lowest BCUT2D eigenvalue weighted by Gasteiger charge is -2.23. The van der Waals surface area contributed by atoms with E-state index in [1.165, 1.54) is 16.8 Å². The smallest absolute Gasteiger partial charge is 0.0399 e. The van der Waals surface area contributed by atoms with Crippen LogP contribution in [0.1, 0.15) is 18.1 Å². The number of anilines is 1. The van der Waals surface area contributed by atoms with E-state index >= 15 is 0 Å². The highest BCUT2D eigenvalue weighted by Crippen LogP contribution is 2.19. The van der Waals surface area contributed by atoms with Crippen LogP contribution < -0.4 is 10.6 Å². The summed E-state index contributed by atoms with van der Waals surface area (Å²) < 4.78 is 0. The molecule has 1 rings (SSSR count). The number of halogens is 1. The van der Waals surface area contributed by atoms with Crippen molar-refractivity contribution in [2.24, 2.45) is 5.73 Å². The van der Waals surface area contributed by atoms with Crippen molar-refractivity contribution in [3.05, 3.63) is 29.3 Å². The molecule has 0 radical (unpaired) electrons. The van der Waals surface area contributed by atoms with Crippen LogP contribution in [0.15, 0.2) is 18.2 Å². The number of hydrogen-bond acceptors (Lipinski definition) is 2. The number of nitrogens with two attached hydrogens (primary N) is 1. The van der Waals surface area contributed by atoms with Crippen LogP contribution in [-0.4, -0.2) is 25.5 Å². The molecule has 3 heteroatoms. The normalized spacial score (nSPS) is 10.5. The Labute approximate surface area is 103 Å². The molecule has 0 saturated carbocycles. The van der Waals surface area contributed by atoms with E-state index in [0.29, 0.717) is 12.4 Å². The molecule has 0 aromatic heterocycles. The molecule has 0 fully saturated rings. The molecule has 0 saturated heterocycles. The molecule has 1 aromatic carbocycles. The number of nitrogens with zero attached hydrogens (tertiary/aromatic N) is 1. The summed E-state index contributed by atoms with van der Waals surface area (Å²) >= 11 is 5.79. The zero-order valence-electron chi connectivity index (χ0n) is 10.2. The number of hydrogen-bond donors (Lipinski definition) is 1. The predicted molar refractivity (Wildman–Crippen MR) is 72.5 cm³/mol. The van der Waals surface area contributed by atoms with Crippen LogP contribution >= 0.6 is 11.6 Å². The van der Waals surface area contributed by atoms with Crippen LogP contribution in [-0.2, 0) is 6.42 Å². The van der Waals surface area contributed by atoms with Gasteiger partial charge < -0.3 is 10.6 Å². The summed E-state index contributed by atoms with van der Waals surface area (Å²) in [6.07, 6.45) is 0.952. The summed E-state index contributed by atoms with van der Waals surface area (Å²) in [6, 6.07) is 6.56. The summed E-state index contributed by atoms with van der Waals surface area (Å²) in [4.78, 5) is 2.28. The van der Waals surface area contributed by atoms with Gasteiger partial charge in [-0.05, 0) is 50.1 Å². The minimum Gasteiger partial charge on any atom is -0.371 e. The second kappa shape index (κ2) is 6.77. The van der Waals surface area contributed by atoms with Crippen LogP contribution in [0.3, 0.4) is 0 Å². The molecule has 90 valence electrons. The molecular formula is C13H21ClN2. The molecule has 0 spiro atoms. The van der Waals surface area contributed by atoms with Crippen molar-refractivity contribution >= 4 is 17.3 Å². The third-order valence-electron chi connectivity index (χ3n) is 2.84. The summed E-state index contributed by atoms with van der Waals surface area (Å²) in [6.45, 7) is 6.88. The van der Waals surface area contributed by atoms with Crippen molar-refractivity contribution < 1.29 is 0 Å². The van der Waals surface area contributed by atoms with E-state index in [2.05, 4.69) is 36.9 Å². The van der Waals surface area contributed by atoms with E-state index in [1.807, 2.05) is 0 Å². The van der Waals surface area contributed by atoms with Crippen LogP contribution in [0.4, 0.5) is 5.69 Å². The van der Waals surface area contributed by atoms with Gasteiger partial charge in [0.2, 0.25) is 0 Å². The van der Waals surface area contributed by atoms with Gasteiger partial charge in [-0.3, -0.25) is 0 Å².